The van der Waals surface area contributed by atoms with Gasteiger partial charge in [0.05, 0.1) is 5.56 Å². The van der Waals surface area contributed by atoms with E-state index >= 15 is 0 Å². The molecule has 0 radical (unpaired) electrons. The largest absolute Gasteiger partial charge is 0.416 e. The average Bonchev–Trinajstić information content (AvgIpc) is 2.27. The monoisotopic (exact) mass is 264 g/mol. The van der Waals surface area contributed by atoms with Gasteiger partial charge in [-0.3, -0.25) is 0 Å². The fourth-order valence-corrected chi connectivity index (χ4v) is 1.67. The first-order valence-electron chi connectivity index (χ1n) is 5.68. The summed E-state index contributed by atoms with van der Waals surface area (Å²) in [7, 11) is 0. The van der Waals surface area contributed by atoms with E-state index in [1.165, 1.54) is 0 Å². The molecule has 0 spiro atoms. The summed E-state index contributed by atoms with van der Waals surface area (Å²) < 4.78 is 50.6. The minimum atomic E-state index is -4.56. The second-order valence-corrected chi connectivity index (χ2v) is 4.16. The number of rotatable bonds is 5. The molecule has 0 aromatic heterocycles. The van der Waals surface area contributed by atoms with Gasteiger partial charge in [-0.25, -0.2) is 4.39 Å². The number of hydrogen-bond acceptors (Lipinski definition) is 2. The molecule has 4 N–H and O–H groups in total. The van der Waals surface area contributed by atoms with Crippen LogP contribution in [0, 0.1) is 5.82 Å². The third-order valence-electron chi connectivity index (χ3n) is 2.64. The number of hydrogen-bond donors (Lipinski definition) is 2. The molecule has 1 atom stereocenters. The van der Waals surface area contributed by atoms with Crippen LogP contribution in [0.2, 0.25) is 0 Å². The van der Waals surface area contributed by atoms with E-state index in [0.717, 1.165) is 18.6 Å². The second kappa shape index (κ2) is 6.15. The maximum Gasteiger partial charge on any atom is 0.416 e. The smallest absolute Gasteiger partial charge is 0.330 e. The zero-order chi connectivity index (χ0) is 13.8. The number of benzene rings is 1. The van der Waals surface area contributed by atoms with Crippen molar-refractivity contribution in [1.29, 1.82) is 0 Å². The predicted octanol–water partition coefficient (Wildman–Crippen LogP) is 2.97. The van der Waals surface area contributed by atoms with Crippen LogP contribution in [0.4, 0.5) is 17.6 Å². The van der Waals surface area contributed by atoms with Crippen molar-refractivity contribution in [2.45, 2.75) is 31.5 Å². The van der Waals surface area contributed by atoms with E-state index in [-0.39, 0.29) is 5.56 Å². The fourth-order valence-electron chi connectivity index (χ4n) is 1.67. The Labute approximate surface area is 103 Å². The maximum absolute atomic E-state index is 13.1. The number of unbranched alkanes of at least 4 members (excludes halogenated alkanes) is 1. The molecule has 0 aliphatic heterocycles. The van der Waals surface area contributed by atoms with Gasteiger partial charge in [-0.05, 0) is 43.1 Å². The van der Waals surface area contributed by atoms with Gasteiger partial charge in [0.1, 0.15) is 5.82 Å². The van der Waals surface area contributed by atoms with Crippen molar-refractivity contribution in [3.8, 4) is 0 Å². The highest BCUT2D eigenvalue weighted by atomic mass is 19.4. The van der Waals surface area contributed by atoms with Crippen LogP contribution in [-0.4, -0.2) is 6.54 Å². The van der Waals surface area contributed by atoms with E-state index in [1.54, 1.807) is 0 Å². The molecule has 0 saturated heterocycles. The zero-order valence-corrected chi connectivity index (χ0v) is 9.80. The second-order valence-electron chi connectivity index (χ2n) is 4.16. The van der Waals surface area contributed by atoms with Crippen LogP contribution < -0.4 is 11.5 Å². The topological polar surface area (TPSA) is 52.0 Å². The standard InChI is InChI=1S/C12H16F4N2/c13-10-6-8(11(18)3-1-2-4-17)5-9(7-10)12(14,15)16/h5-7,11H,1-4,17-18H2/t11-/m1/s1. The maximum atomic E-state index is 13.1. The summed E-state index contributed by atoms with van der Waals surface area (Å²) >= 11 is 0. The lowest BCUT2D eigenvalue weighted by molar-refractivity contribution is -0.137. The van der Waals surface area contributed by atoms with Gasteiger partial charge in [0.25, 0.3) is 0 Å². The van der Waals surface area contributed by atoms with Crippen LogP contribution in [-0.2, 0) is 6.18 Å². The van der Waals surface area contributed by atoms with E-state index in [1.807, 2.05) is 0 Å². The number of alkyl halides is 3. The third-order valence-corrected chi connectivity index (χ3v) is 2.64. The first-order chi connectivity index (χ1) is 8.34. The highest BCUT2D eigenvalue weighted by Gasteiger charge is 2.31. The predicted molar refractivity (Wildman–Crippen MR) is 61.2 cm³/mol. The number of halogens is 4. The van der Waals surface area contributed by atoms with Crippen molar-refractivity contribution in [2.75, 3.05) is 6.54 Å². The first kappa shape index (κ1) is 14.9. The van der Waals surface area contributed by atoms with Gasteiger partial charge in [0.2, 0.25) is 0 Å². The van der Waals surface area contributed by atoms with Crippen molar-refractivity contribution in [3.05, 3.63) is 35.1 Å². The Hall–Kier alpha value is -1.14. The Kier molecular flexibility index (Phi) is 5.10. The summed E-state index contributed by atoms with van der Waals surface area (Å²) in [5, 5.41) is 0. The van der Waals surface area contributed by atoms with E-state index in [2.05, 4.69) is 0 Å². The molecule has 0 bridgehead atoms. The third kappa shape index (κ3) is 4.27. The minimum absolute atomic E-state index is 0.166. The van der Waals surface area contributed by atoms with Gasteiger partial charge in [-0.15, -0.1) is 0 Å². The van der Waals surface area contributed by atoms with Gasteiger partial charge < -0.3 is 11.5 Å². The number of nitrogens with two attached hydrogens (primary N) is 2. The van der Waals surface area contributed by atoms with Crippen LogP contribution in [0.15, 0.2) is 18.2 Å². The van der Waals surface area contributed by atoms with Gasteiger partial charge in [-0.1, -0.05) is 6.42 Å². The molecular formula is C12H16F4N2. The fraction of sp³-hybridized carbons (Fsp3) is 0.500. The molecule has 0 amide bonds. The summed E-state index contributed by atoms with van der Waals surface area (Å²) in [5.41, 5.74) is 10.2. The summed E-state index contributed by atoms with van der Waals surface area (Å²) in [6, 6.07) is 1.81. The van der Waals surface area contributed by atoms with Crippen molar-refractivity contribution in [1.82, 2.24) is 0 Å². The molecule has 102 valence electrons. The molecule has 1 aromatic rings. The molecular weight excluding hydrogens is 248 g/mol. The molecule has 1 rings (SSSR count). The van der Waals surface area contributed by atoms with E-state index in [9.17, 15) is 17.6 Å². The van der Waals surface area contributed by atoms with Gasteiger partial charge >= 0.3 is 6.18 Å². The molecule has 0 aliphatic rings. The van der Waals surface area contributed by atoms with Crippen LogP contribution in [0.5, 0.6) is 0 Å². The van der Waals surface area contributed by atoms with Crippen molar-refractivity contribution < 1.29 is 17.6 Å². The molecule has 0 heterocycles. The Morgan fingerprint density at radius 2 is 1.78 bits per heavy atom. The highest BCUT2D eigenvalue weighted by Crippen LogP contribution is 2.32. The van der Waals surface area contributed by atoms with Crippen molar-refractivity contribution in [3.63, 3.8) is 0 Å². The van der Waals surface area contributed by atoms with Crippen LogP contribution in [0.1, 0.15) is 36.4 Å². The van der Waals surface area contributed by atoms with Crippen LogP contribution in [0.3, 0.4) is 0 Å². The van der Waals surface area contributed by atoms with E-state index in [0.29, 0.717) is 25.5 Å². The summed E-state index contributed by atoms with van der Waals surface area (Å²) in [4.78, 5) is 0. The van der Waals surface area contributed by atoms with Gasteiger partial charge in [-0.2, -0.15) is 13.2 Å². The Bertz CT molecular complexity index is 390. The summed E-state index contributed by atoms with van der Waals surface area (Å²) in [6.45, 7) is 0.504. The SMILES string of the molecule is NCCCC[C@@H](N)c1cc(F)cc(C(F)(F)F)c1. The lowest BCUT2D eigenvalue weighted by Crippen LogP contribution is -2.14. The molecule has 0 fully saturated rings. The lowest BCUT2D eigenvalue weighted by Gasteiger charge is -2.14. The van der Waals surface area contributed by atoms with E-state index in [4.69, 9.17) is 11.5 Å². The molecule has 0 unspecified atom stereocenters. The lowest BCUT2D eigenvalue weighted by atomic mass is 9.99. The molecule has 2 nitrogen and oxygen atoms in total. The molecule has 0 aliphatic carbocycles. The average molecular weight is 264 g/mol. The van der Waals surface area contributed by atoms with Crippen LogP contribution >= 0.6 is 0 Å². The zero-order valence-electron chi connectivity index (χ0n) is 9.80. The van der Waals surface area contributed by atoms with Crippen molar-refractivity contribution >= 4 is 0 Å². The summed E-state index contributed by atoms with van der Waals surface area (Å²) in [5.74, 6) is -0.922. The van der Waals surface area contributed by atoms with E-state index < -0.39 is 23.6 Å². The molecule has 18 heavy (non-hydrogen) atoms. The minimum Gasteiger partial charge on any atom is -0.330 e. The van der Waals surface area contributed by atoms with Crippen LogP contribution in [0.25, 0.3) is 0 Å². The van der Waals surface area contributed by atoms with Gasteiger partial charge in [0, 0.05) is 6.04 Å². The Balaban J connectivity index is 2.85. The Morgan fingerprint density at radius 1 is 1.11 bits per heavy atom. The van der Waals surface area contributed by atoms with Gasteiger partial charge in [0.15, 0.2) is 0 Å². The highest BCUT2D eigenvalue weighted by molar-refractivity contribution is 5.28. The molecule has 6 heteroatoms. The van der Waals surface area contributed by atoms with Crippen molar-refractivity contribution in [2.24, 2.45) is 11.5 Å². The molecule has 0 saturated carbocycles. The normalized spacial score (nSPS) is 13.7. The Morgan fingerprint density at radius 3 is 2.33 bits per heavy atom. The molecule has 1 aromatic carbocycles. The quantitative estimate of drug-likeness (QED) is 0.634. The first-order valence-corrected chi connectivity index (χ1v) is 5.68. The summed E-state index contributed by atoms with van der Waals surface area (Å²) in [6.07, 6.45) is -2.63.